The van der Waals surface area contributed by atoms with Crippen LogP contribution in [0, 0.1) is 0 Å². The van der Waals surface area contributed by atoms with Crippen molar-refractivity contribution in [3.8, 4) is 11.3 Å². The number of piperidine rings is 1. The Bertz CT molecular complexity index is 965. The van der Waals surface area contributed by atoms with E-state index in [1.807, 2.05) is 41.4 Å². The number of halogens is 1. The molecular formula is C21H23ClN4OS. The molecular weight excluding hydrogens is 392 g/mol. The van der Waals surface area contributed by atoms with Crippen molar-refractivity contribution in [2.45, 2.75) is 18.4 Å². The number of carbonyl (C=O) groups is 1. The molecule has 1 amide bonds. The lowest BCUT2D eigenvalue weighted by Crippen LogP contribution is -2.50. The van der Waals surface area contributed by atoms with Crippen molar-refractivity contribution in [3.05, 3.63) is 63.4 Å². The maximum absolute atomic E-state index is 13.0. The van der Waals surface area contributed by atoms with E-state index in [0.717, 1.165) is 40.7 Å². The van der Waals surface area contributed by atoms with E-state index in [4.69, 9.17) is 11.6 Å². The Morgan fingerprint density at radius 2 is 2.04 bits per heavy atom. The number of amides is 1. The molecule has 1 aromatic carbocycles. The number of aryl methyl sites for hydroxylation is 1. The lowest BCUT2D eigenvalue weighted by atomic mass is 9.85. The van der Waals surface area contributed by atoms with Gasteiger partial charge in [-0.1, -0.05) is 23.7 Å². The zero-order valence-corrected chi connectivity index (χ0v) is 17.5. The second-order valence-corrected chi connectivity index (χ2v) is 8.68. The smallest absolute Gasteiger partial charge is 0.261 e. The van der Waals surface area contributed by atoms with Crippen LogP contribution in [-0.4, -0.2) is 46.8 Å². The third-order valence-electron chi connectivity index (χ3n) is 5.37. The molecule has 3 aromatic rings. The van der Waals surface area contributed by atoms with Gasteiger partial charge in [0.2, 0.25) is 0 Å². The summed E-state index contributed by atoms with van der Waals surface area (Å²) in [6, 6.07) is 12.0. The molecule has 28 heavy (non-hydrogen) atoms. The molecule has 2 aromatic heterocycles. The number of likely N-dealkylation sites (tertiary alicyclic amines) is 1. The van der Waals surface area contributed by atoms with Crippen LogP contribution >= 0.6 is 22.9 Å². The fraction of sp³-hybridized carbons (Fsp3) is 0.333. The number of aromatic nitrogens is 2. The van der Waals surface area contributed by atoms with E-state index in [2.05, 4.69) is 34.5 Å². The Labute approximate surface area is 173 Å². The summed E-state index contributed by atoms with van der Waals surface area (Å²) in [6.45, 7) is 1.85. The van der Waals surface area contributed by atoms with Crippen molar-refractivity contribution in [2.75, 3.05) is 20.1 Å². The fourth-order valence-electron chi connectivity index (χ4n) is 3.86. The van der Waals surface area contributed by atoms with E-state index in [0.29, 0.717) is 0 Å². The Morgan fingerprint density at radius 3 is 2.75 bits per heavy atom. The number of carbonyl (C=O) groups excluding carboxylic acids is 1. The zero-order valence-electron chi connectivity index (χ0n) is 15.9. The van der Waals surface area contributed by atoms with Gasteiger partial charge in [-0.2, -0.15) is 5.10 Å². The predicted molar refractivity (Wildman–Crippen MR) is 114 cm³/mol. The quantitative estimate of drug-likeness (QED) is 0.701. The third kappa shape index (κ3) is 3.99. The fourth-order valence-corrected chi connectivity index (χ4v) is 4.79. The number of nitrogens with one attached hydrogen (secondary N) is 1. The Hall–Kier alpha value is -2.15. The van der Waals surface area contributed by atoms with Gasteiger partial charge in [-0.05, 0) is 49.8 Å². The summed E-state index contributed by atoms with van der Waals surface area (Å²) in [5.74, 6) is 0.270. The molecule has 146 valence electrons. The summed E-state index contributed by atoms with van der Waals surface area (Å²) in [7, 11) is 4.00. The summed E-state index contributed by atoms with van der Waals surface area (Å²) >= 11 is 7.52. The highest BCUT2D eigenvalue weighted by Gasteiger charge is 2.30. The highest BCUT2D eigenvalue weighted by atomic mass is 35.5. The molecule has 0 radical (unpaired) electrons. The van der Waals surface area contributed by atoms with E-state index in [1.54, 1.807) is 6.20 Å². The maximum Gasteiger partial charge on any atom is 0.261 e. The standard InChI is InChI=1S/C21H23ClN4OS/c1-25-10-8-17(14-3-5-16(22)6-4-14)18(12-25)24-21(27)20-11-15(13-28-20)19-7-9-23-26(19)2/h3-7,9,11,13,17-18H,8,10,12H2,1-2H3,(H,24,27)/t17-,18+/m1/s1. The molecule has 1 saturated heterocycles. The largest absolute Gasteiger partial charge is 0.347 e. The second kappa shape index (κ2) is 8.07. The number of nitrogens with zero attached hydrogens (tertiary/aromatic N) is 3. The van der Waals surface area contributed by atoms with Gasteiger partial charge in [-0.3, -0.25) is 9.48 Å². The van der Waals surface area contributed by atoms with Gasteiger partial charge in [-0.25, -0.2) is 0 Å². The number of hydrogen-bond acceptors (Lipinski definition) is 4. The number of likely N-dealkylation sites (N-methyl/N-ethyl adjacent to an activating group) is 1. The van der Waals surface area contributed by atoms with Crippen molar-refractivity contribution < 1.29 is 4.79 Å². The molecule has 1 fully saturated rings. The van der Waals surface area contributed by atoms with Crippen LogP contribution in [0.3, 0.4) is 0 Å². The van der Waals surface area contributed by atoms with Crippen LogP contribution in [0.15, 0.2) is 48.0 Å². The van der Waals surface area contributed by atoms with Crippen molar-refractivity contribution >= 4 is 28.8 Å². The first-order valence-corrected chi connectivity index (χ1v) is 10.6. The number of rotatable bonds is 4. The molecule has 4 rings (SSSR count). The molecule has 0 spiro atoms. The first-order chi connectivity index (χ1) is 13.5. The van der Waals surface area contributed by atoms with Crippen LogP contribution < -0.4 is 5.32 Å². The molecule has 0 aliphatic carbocycles. The SMILES string of the molecule is CN1CC[C@H](c2ccc(Cl)cc2)[C@@H](NC(=O)c2cc(-c3ccnn3C)cs2)C1. The molecule has 0 bridgehead atoms. The van der Waals surface area contributed by atoms with Crippen LogP contribution in [0.5, 0.6) is 0 Å². The third-order valence-corrected chi connectivity index (χ3v) is 6.55. The summed E-state index contributed by atoms with van der Waals surface area (Å²) in [5, 5.41) is 10.2. The van der Waals surface area contributed by atoms with Crippen molar-refractivity contribution in [3.63, 3.8) is 0 Å². The zero-order chi connectivity index (χ0) is 19.7. The van der Waals surface area contributed by atoms with Gasteiger partial charge in [0, 0.05) is 47.7 Å². The first-order valence-electron chi connectivity index (χ1n) is 9.33. The minimum Gasteiger partial charge on any atom is -0.347 e. The molecule has 7 heteroatoms. The molecule has 1 aliphatic heterocycles. The second-order valence-electron chi connectivity index (χ2n) is 7.33. The summed E-state index contributed by atoms with van der Waals surface area (Å²) in [6.07, 6.45) is 2.77. The molecule has 5 nitrogen and oxygen atoms in total. The minimum absolute atomic E-state index is 0.0160. The average molecular weight is 415 g/mol. The first kappa shape index (κ1) is 19.2. The molecule has 0 saturated carbocycles. The Balaban J connectivity index is 1.52. The van der Waals surface area contributed by atoms with Crippen LogP contribution in [0.25, 0.3) is 11.3 Å². The van der Waals surface area contributed by atoms with Crippen molar-refractivity contribution in [2.24, 2.45) is 7.05 Å². The summed E-state index contributed by atoms with van der Waals surface area (Å²) < 4.78 is 1.82. The van der Waals surface area contributed by atoms with E-state index in [-0.39, 0.29) is 17.9 Å². The Morgan fingerprint density at radius 1 is 1.25 bits per heavy atom. The maximum atomic E-state index is 13.0. The summed E-state index contributed by atoms with van der Waals surface area (Å²) in [5.41, 5.74) is 3.25. The van der Waals surface area contributed by atoms with Gasteiger partial charge in [0.25, 0.3) is 5.91 Å². The number of hydrogen-bond donors (Lipinski definition) is 1. The van der Waals surface area contributed by atoms with Gasteiger partial charge in [0.05, 0.1) is 10.6 Å². The molecule has 0 unspecified atom stereocenters. The summed E-state index contributed by atoms with van der Waals surface area (Å²) in [4.78, 5) is 15.9. The highest BCUT2D eigenvalue weighted by Crippen LogP contribution is 2.30. The van der Waals surface area contributed by atoms with Crippen LogP contribution in [0.1, 0.15) is 27.6 Å². The van der Waals surface area contributed by atoms with Gasteiger partial charge >= 0.3 is 0 Å². The van der Waals surface area contributed by atoms with Crippen LogP contribution in [-0.2, 0) is 7.05 Å². The number of benzene rings is 1. The van der Waals surface area contributed by atoms with E-state index >= 15 is 0 Å². The topological polar surface area (TPSA) is 50.2 Å². The molecule has 2 atom stereocenters. The van der Waals surface area contributed by atoms with Crippen LogP contribution in [0.4, 0.5) is 0 Å². The van der Waals surface area contributed by atoms with Gasteiger partial charge < -0.3 is 10.2 Å². The van der Waals surface area contributed by atoms with Crippen LogP contribution in [0.2, 0.25) is 5.02 Å². The van der Waals surface area contributed by atoms with Gasteiger partial charge in [-0.15, -0.1) is 11.3 Å². The van der Waals surface area contributed by atoms with Gasteiger partial charge in [0.15, 0.2) is 0 Å². The van der Waals surface area contributed by atoms with Crippen molar-refractivity contribution in [1.29, 1.82) is 0 Å². The average Bonchev–Trinajstić information content (AvgIpc) is 3.31. The van der Waals surface area contributed by atoms with E-state index < -0.39 is 0 Å². The highest BCUT2D eigenvalue weighted by molar-refractivity contribution is 7.12. The van der Waals surface area contributed by atoms with Gasteiger partial charge in [0.1, 0.15) is 0 Å². The lowest BCUT2D eigenvalue weighted by Gasteiger charge is -2.37. The lowest BCUT2D eigenvalue weighted by molar-refractivity contribution is 0.0904. The minimum atomic E-state index is -0.0160. The monoisotopic (exact) mass is 414 g/mol. The Kier molecular flexibility index (Phi) is 5.53. The number of thiophene rings is 1. The molecule has 1 aliphatic rings. The normalized spacial score (nSPS) is 20.2. The van der Waals surface area contributed by atoms with E-state index in [9.17, 15) is 4.79 Å². The molecule has 1 N–H and O–H groups in total. The van der Waals surface area contributed by atoms with E-state index in [1.165, 1.54) is 16.9 Å². The van der Waals surface area contributed by atoms with Crippen molar-refractivity contribution in [1.82, 2.24) is 20.0 Å². The predicted octanol–water partition coefficient (Wildman–Crippen LogP) is 4.02. The molecule has 3 heterocycles.